The number of carbonyl (C=O) groups excluding carboxylic acids is 1. The van der Waals surface area contributed by atoms with Crippen LogP contribution < -0.4 is 0 Å². The van der Waals surface area contributed by atoms with Crippen molar-refractivity contribution in [2.75, 3.05) is 0 Å². The van der Waals surface area contributed by atoms with Crippen LogP contribution in [0.15, 0.2) is 12.1 Å². The van der Waals surface area contributed by atoms with Crippen LogP contribution in [-0.2, 0) is 0 Å². The standard InChI is InChI=1S/C9H6FNO2/c1-5(12)6-2-3-8(10)9(13)7(6)4-11/h2-3,13H,1H3. The highest BCUT2D eigenvalue weighted by molar-refractivity contribution is 5.97. The van der Waals surface area contributed by atoms with E-state index in [4.69, 9.17) is 10.4 Å². The first-order valence-electron chi connectivity index (χ1n) is 3.50. The van der Waals surface area contributed by atoms with E-state index in [1.807, 2.05) is 0 Å². The van der Waals surface area contributed by atoms with Crippen LogP contribution in [0.25, 0.3) is 0 Å². The molecule has 0 bridgehead atoms. The Bertz CT molecular complexity index is 407. The number of rotatable bonds is 1. The molecule has 1 aromatic rings. The molecule has 0 aliphatic carbocycles. The van der Waals surface area contributed by atoms with Crippen LogP contribution in [0.2, 0.25) is 0 Å². The van der Waals surface area contributed by atoms with Crippen LogP contribution >= 0.6 is 0 Å². The van der Waals surface area contributed by atoms with Gasteiger partial charge in [-0.25, -0.2) is 4.39 Å². The summed E-state index contributed by atoms with van der Waals surface area (Å²) < 4.78 is 12.7. The van der Waals surface area contributed by atoms with Gasteiger partial charge in [0.25, 0.3) is 0 Å². The van der Waals surface area contributed by atoms with Gasteiger partial charge in [-0.15, -0.1) is 0 Å². The summed E-state index contributed by atoms with van der Waals surface area (Å²) in [5.41, 5.74) is -0.283. The monoisotopic (exact) mass is 179 g/mol. The smallest absolute Gasteiger partial charge is 0.170 e. The fourth-order valence-corrected chi connectivity index (χ4v) is 0.972. The Labute approximate surface area is 74.0 Å². The topological polar surface area (TPSA) is 61.1 Å². The van der Waals surface area contributed by atoms with Crippen molar-refractivity contribution in [1.29, 1.82) is 5.26 Å². The highest BCUT2D eigenvalue weighted by atomic mass is 19.1. The predicted octanol–water partition coefficient (Wildman–Crippen LogP) is 1.61. The van der Waals surface area contributed by atoms with Crippen LogP contribution in [-0.4, -0.2) is 10.9 Å². The molecule has 3 nitrogen and oxygen atoms in total. The van der Waals surface area contributed by atoms with Crippen LogP contribution in [0.3, 0.4) is 0 Å². The summed E-state index contributed by atoms with van der Waals surface area (Å²) in [6.45, 7) is 1.24. The van der Waals surface area contributed by atoms with E-state index < -0.39 is 11.6 Å². The molecular formula is C9H6FNO2. The van der Waals surface area contributed by atoms with Gasteiger partial charge in [0.1, 0.15) is 11.6 Å². The molecule has 0 saturated carbocycles. The van der Waals surface area contributed by atoms with Crippen molar-refractivity contribution in [3.05, 3.63) is 29.1 Å². The second-order valence-electron chi connectivity index (χ2n) is 2.49. The van der Waals surface area contributed by atoms with Gasteiger partial charge in [0.2, 0.25) is 0 Å². The van der Waals surface area contributed by atoms with Gasteiger partial charge in [0, 0.05) is 5.56 Å². The van der Waals surface area contributed by atoms with Crippen molar-refractivity contribution in [3.8, 4) is 11.8 Å². The molecule has 1 rings (SSSR count). The van der Waals surface area contributed by atoms with E-state index in [0.29, 0.717) is 0 Å². The van der Waals surface area contributed by atoms with Crippen molar-refractivity contribution in [2.24, 2.45) is 0 Å². The lowest BCUT2D eigenvalue weighted by molar-refractivity contribution is 0.101. The number of aromatic hydroxyl groups is 1. The van der Waals surface area contributed by atoms with Crippen molar-refractivity contribution >= 4 is 5.78 Å². The van der Waals surface area contributed by atoms with E-state index in [9.17, 15) is 9.18 Å². The lowest BCUT2D eigenvalue weighted by Gasteiger charge is -2.01. The third kappa shape index (κ3) is 1.49. The molecule has 0 heterocycles. The zero-order chi connectivity index (χ0) is 10.0. The zero-order valence-electron chi connectivity index (χ0n) is 6.84. The quantitative estimate of drug-likeness (QED) is 0.666. The molecule has 0 fully saturated rings. The number of phenolic OH excluding ortho intramolecular Hbond substituents is 1. The normalized spacial score (nSPS) is 9.31. The molecule has 0 aliphatic rings. The summed E-state index contributed by atoms with van der Waals surface area (Å²) in [6, 6.07) is 3.70. The van der Waals surface area contributed by atoms with E-state index in [1.54, 1.807) is 6.07 Å². The van der Waals surface area contributed by atoms with E-state index in [1.165, 1.54) is 13.0 Å². The molecule has 0 aliphatic heterocycles. The Morgan fingerprint density at radius 1 is 1.62 bits per heavy atom. The number of phenols is 1. The number of hydrogen-bond donors (Lipinski definition) is 1. The van der Waals surface area contributed by atoms with Crippen LogP contribution in [0.4, 0.5) is 4.39 Å². The molecule has 0 saturated heterocycles. The maximum atomic E-state index is 12.7. The lowest BCUT2D eigenvalue weighted by atomic mass is 10.0. The maximum absolute atomic E-state index is 12.7. The number of nitriles is 1. The summed E-state index contributed by atoms with van der Waals surface area (Å²) in [4.78, 5) is 10.9. The van der Waals surface area contributed by atoms with E-state index in [-0.39, 0.29) is 16.9 Å². The highest BCUT2D eigenvalue weighted by Gasteiger charge is 2.14. The van der Waals surface area contributed by atoms with Crippen molar-refractivity contribution < 1.29 is 14.3 Å². The molecule has 1 aromatic carbocycles. The Balaban J connectivity index is 3.50. The first-order chi connectivity index (χ1) is 6.07. The molecule has 4 heteroatoms. The van der Waals surface area contributed by atoms with E-state index in [2.05, 4.69) is 0 Å². The van der Waals surface area contributed by atoms with Gasteiger partial charge in [0.05, 0.1) is 0 Å². The number of Topliss-reactive ketones (excluding diaryl/α,β-unsaturated/α-hetero) is 1. The summed E-state index contributed by atoms with van der Waals surface area (Å²) in [5.74, 6) is -2.05. The SMILES string of the molecule is CC(=O)c1ccc(F)c(O)c1C#N. The second kappa shape index (κ2) is 3.23. The molecule has 1 N–H and O–H groups in total. The molecule has 66 valence electrons. The average Bonchev–Trinajstić information content (AvgIpc) is 2.09. The Hall–Kier alpha value is -1.89. The first-order valence-corrected chi connectivity index (χ1v) is 3.50. The van der Waals surface area contributed by atoms with Gasteiger partial charge in [-0.1, -0.05) is 0 Å². The molecule has 0 aromatic heterocycles. The summed E-state index contributed by atoms with van der Waals surface area (Å²) in [7, 11) is 0. The van der Waals surface area contributed by atoms with Crippen LogP contribution in [0.1, 0.15) is 22.8 Å². The molecule has 0 amide bonds. The van der Waals surface area contributed by atoms with Crippen molar-refractivity contribution in [1.82, 2.24) is 0 Å². The largest absolute Gasteiger partial charge is 0.504 e. The fourth-order valence-electron chi connectivity index (χ4n) is 0.972. The Morgan fingerprint density at radius 3 is 2.69 bits per heavy atom. The minimum Gasteiger partial charge on any atom is -0.504 e. The number of hydrogen-bond acceptors (Lipinski definition) is 3. The zero-order valence-corrected chi connectivity index (χ0v) is 6.84. The number of nitrogens with zero attached hydrogens (tertiary/aromatic N) is 1. The fraction of sp³-hybridized carbons (Fsp3) is 0.111. The minimum atomic E-state index is -0.901. The van der Waals surface area contributed by atoms with E-state index >= 15 is 0 Å². The third-order valence-corrected chi connectivity index (χ3v) is 1.62. The van der Waals surface area contributed by atoms with Gasteiger partial charge in [-0.05, 0) is 19.1 Å². The molecule has 13 heavy (non-hydrogen) atoms. The number of carbonyl (C=O) groups is 1. The Kier molecular flexibility index (Phi) is 2.29. The second-order valence-corrected chi connectivity index (χ2v) is 2.49. The molecule has 0 spiro atoms. The number of benzene rings is 1. The van der Waals surface area contributed by atoms with Gasteiger partial charge in [-0.3, -0.25) is 4.79 Å². The molecular weight excluding hydrogens is 173 g/mol. The van der Waals surface area contributed by atoms with Gasteiger partial charge >= 0.3 is 0 Å². The van der Waals surface area contributed by atoms with Crippen LogP contribution in [0, 0.1) is 17.1 Å². The molecule has 0 unspecified atom stereocenters. The minimum absolute atomic E-state index is 0.0291. The van der Waals surface area contributed by atoms with Crippen molar-refractivity contribution in [2.45, 2.75) is 6.92 Å². The predicted molar refractivity (Wildman–Crippen MR) is 42.8 cm³/mol. The summed E-state index contributed by atoms with van der Waals surface area (Å²) in [5, 5.41) is 17.6. The first kappa shape index (κ1) is 9.20. The number of halogens is 1. The molecule has 0 atom stereocenters. The van der Waals surface area contributed by atoms with Gasteiger partial charge in [-0.2, -0.15) is 5.26 Å². The van der Waals surface area contributed by atoms with E-state index in [0.717, 1.165) is 6.07 Å². The summed E-state index contributed by atoms with van der Waals surface area (Å²) >= 11 is 0. The average molecular weight is 179 g/mol. The molecule has 0 radical (unpaired) electrons. The van der Waals surface area contributed by atoms with Gasteiger partial charge in [0.15, 0.2) is 17.3 Å². The Morgan fingerprint density at radius 2 is 2.23 bits per heavy atom. The third-order valence-electron chi connectivity index (χ3n) is 1.62. The van der Waals surface area contributed by atoms with Gasteiger partial charge < -0.3 is 5.11 Å². The van der Waals surface area contributed by atoms with Crippen LogP contribution in [0.5, 0.6) is 5.75 Å². The maximum Gasteiger partial charge on any atom is 0.170 e. The van der Waals surface area contributed by atoms with Crippen molar-refractivity contribution in [3.63, 3.8) is 0 Å². The highest BCUT2D eigenvalue weighted by Crippen LogP contribution is 2.24. The number of ketones is 1. The summed E-state index contributed by atoms with van der Waals surface area (Å²) in [6.07, 6.45) is 0. The lowest BCUT2D eigenvalue weighted by Crippen LogP contribution is -1.98.